The number of pyridine rings is 1. The van der Waals surface area contributed by atoms with Crippen molar-refractivity contribution in [2.24, 2.45) is 0 Å². The standard InChI is InChI=1S/C17H17BrN2O3/c1-10-6-11(18)8-20-14(9-21)16(19-17(10)20)13-7-12(22-2)4-5-15(13)23-3/h4-8,21H,9H2,1-3H3. The van der Waals surface area contributed by atoms with Gasteiger partial charge in [0, 0.05) is 16.2 Å². The molecule has 6 heteroatoms. The van der Waals surface area contributed by atoms with Gasteiger partial charge in [0.25, 0.3) is 0 Å². The third-order valence-corrected chi connectivity index (χ3v) is 4.21. The molecule has 0 atom stereocenters. The van der Waals surface area contributed by atoms with Gasteiger partial charge >= 0.3 is 0 Å². The second-order valence-electron chi connectivity index (χ2n) is 5.17. The molecular weight excluding hydrogens is 360 g/mol. The molecule has 1 aromatic carbocycles. The number of benzene rings is 1. The summed E-state index contributed by atoms with van der Waals surface area (Å²) >= 11 is 3.49. The molecule has 1 N–H and O–H groups in total. The molecule has 0 unspecified atom stereocenters. The second kappa shape index (κ2) is 6.22. The van der Waals surface area contributed by atoms with Crippen LogP contribution in [0.25, 0.3) is 16.9 Å². The van der Waals surface area contributed by atoms with Gasteiger partial charge in [-0.1, -0.05) is 0 Å². The molecule has 3 aromatic rings. The van der Waals surface area contributed by atoms with Gasteiger partial charge < -0.3 is 14.6 Å². The molecule has 0 aliphatic heterocycles. The van der Waals surface area contributed by atoms with Crippen molar-refractivity contribution in [1.82, 2.24) is 9.38 Å². The van der Waals surface area contributed by atoms with Crippen LogP contribution in [0.2, 0.25) is 0 Å². The van der Waals surface area contributed by atoms with Crippen molar-refractivity contribution in [2.45, 2.75) is 13.5 Å². The monoisotopic (exact) mass is 376 g/mol. The van der Waals surface area contributed by atoms with Crippen LogP contribution in [-0.2, 0) is 6.61 Å². The fourth-order valence-electron chi connectivity index (χ4n) is 2.68. The number of methoxy groups -OCH3 is 2. The number of aliphatic hydroxyl groups excluding tert-OH is 1. The Kier molecular flexibility index (Phi) is 4.28. The minimum absolute atomic E-state index is 0.132. The van der Waals surface area contributed by atoms with E-state index in [1.165, 1.54) is 0 Å². The number of rotatable bonds is 4. The molecule has 120 valence electrons. The number of fused-ring (bicyclic) bond motifs is 1. The molecule has 0 spiro atoms. The van der Waals surface area contributed by atoms with E-state index in [0.29, 0.717) is 22.9 Å². The first kappa shape index (κ1) is 15.8. The van der Waals surface area contributed by atoms with Crippen LogP contribution >= 0.6 is 15.9 Å². The molecule has 0 aliphatic carbocycles. The maximum atomic E-state index is 9.89. The summed E-state index contributed by atoms with van der Waals surface area (Å²) in [5, 5.41) is 9.89. The molecular formula is C17H17BrN2O3. The average molecular weight is 377 g/mol. The molecule has 5 nitrogen and oxygen atoms in total. The van der Waals surface area contributed by atoms with E-state index in [9.17, 15) is 5.11 Å². The van der Waals surface area contributed by atoms with Crippen LogP contribution < -0.4 is 9.47 Å². The zero-order valence-corrected chi connectivity index (χ0v) is 14.7. The van der Waals surface area contributed by atoms with E-state index in [1.54, 1.807) is 14.2 Å². The largest absolute Gasteiger partial charge is 0.497 e. The van der Waals surface area contributed by atoms with Crippen LogP contribution in [0.4, 0.5) is 0 Å². The minimum Gasteiger partial charge on any atom is -0.497 e. The molecule has 23 heavy (non-hydrogen) atoms. The maximum Gasteiger partial charge on any atom is 0.140 e. The Morgan fingerprint density at radius 2 is 2.00 bits per heavy atom. The summed E-state index contributed by atoms with van der Waals surface area (Å²) < 4.78 is 13.6. The lowest BCUT2D eigenvalue weighted by atomic mass is 10.1. The van der Waals surface area contributed by atoms with Crippen LogP contribution in [0.1, 0.15) is 11.3 Å². The minimum atomic E-state index is -0.132. The van der Waals surface area contributed by atoms with E-state index in [2.05, 4.69) is 15.9 Å². The highest BCUT2D eigenvalue weighted by molar-refractivity contribution is 9.10. The third-order valence-electron chi connectivity index (χ3n) is 3.78. The Balaban J connectivity index is 2.34. The molecule has 0 saturated carbocycles. The highest BCUT2D eigenvalue weighted by atomic mass is 79.9. The van der Waals surface area contributed by atoms with Crippen molar-refractivity contribution < 1.29 is 14.6 Å². The van der Waals surface area contributed by atoms with Crippen molar-refractivity contribution in [3.63, 3.8) is 0 Å². The first-order chi connectivity index (χ1) is 11.1. The summed E-state index contributed by atoms with van der Waals surface area (Å²) in [6, 6.07) is 7.53. The number of halogens is 1. The topological polar surface area (TPSA) is 56.0 Å². The fraction of sp³-hybridized carbons (Fsp3) is 0.235. The molecule has 0 saturated heterocycles. The van der Waals surface area contributed by atoms with Gasteiger partial charge in [0.1, 0.15) is 17.1 Å². The average Bonchev–Trinajstić information content (AvgIpc) is 2.92. The van der Waals surface area contributed by atoms with E-state index in [1.807, 2.05) is 41.8 Å². The Morgan fingerprint density at radius 3 is 2.65 bits per heavy atom. The van der Waals surface area contributed by atoms with Crippen LogP contribution in [0, 0.1) is 6.92 Å². The van der Waals surface area contributed by atoms with Crippen molar-refractivity contribution in [3.05, 3.63) is 46.2 Å². The van der Waals surface area contributed by atoms with Gasteiger partial charge in [-0.15, -0.1) is 0 Å². The Bertz CT molecular complexity index is 874. The van der Waals surface area contributed by atoms with E-state index >= 15 is 0 Å². The van der Waals surface area contributed by atoms with Crippen LogP contribution in [-0.4, -0.2) is 28.7 Å². The summed E-state index contributed by atoms with van der Waals surface area (Å²) in [6.45, 7) is 1.85. The van der Waals surface area contributed by atoms with Gasteiger partial charge in [-0.3, -0.25) is 4.40 Å². The number of imidazole rings is 1. The number of aromatic nitrogens is 2. The van der Waals surface area contributed by atoms with E-state index in [0.717, 1.165) is 21.2 Å². The number of aliphatic hydroxyl groups is 1. The van der Waals surface area contributed by atoms with Gasteiger partial charge in [-0.2, -0.15) is 0 Å². The maximum absolute atomic E-state index is 9.89. The molecule has 0 amide bonds. The zero-order chi connectivity index (χ0) is 16.6. The molecule has 0 aliphatic rings. The van der Waals surface area contributed by atoms with Crippen LogP contribution in [0.5, 0.6) is 11.5 Å². The van der Waals surface area contributed by atoms with Crippen molar-refractivity contribution >= 4 is 21.6 Å². The van der Waals surface area contributed by atoms with Gasteiger partial charge in [-0.25, -0.2) is 4.98 Å². The van der Waals surface area contributed by atoms with Crippen molar-refractivity contribution in [3.8, 4) is 22.8 Å². The first-order valence-electron chi connectivity index (χ1n) is 7.09. The van der Waals surface area contributed by atoms with E-state index in [-0.39, 0.29) is 6.61 Å². The quantitative estimate of drug-likeness (QED) is 0.755. The van der Waals surface area contributed by atoms with Crippen molar-refractivity contribution in [2.75, 3.05) is 14.2 Å². The number of hydrogen-bond donors (Lipinski definition) is 1. The summed E-state index contributed by atoms with van der Waals surface area (Å²) in [6.07, 6.45) is 1.90. The lowest BCUT2D eigenvalue weighted by Crippen LogP contribution is -1.97. The molecule has 2 aromatic heterocycles. The molecule has 0 radical (unpaired) electrons. The smallest absolute Gasteiger partial charge is 0.140 e. The highest BCUT2D eigenvalue weighted by Gasteiger charge is 2.19. The van der Waals surface area contributed by atoms with Crippen LogP contribution in [0.15, 0.2) is 34.9 Å². The predicted octanol–water partition coefficient (Wildman–Crippen LogP) is 3.58. The second-order valence-corrected chi connectivity index (χ2v) is 6.08. The van der Waals surface area contributed by atoms with Crippen molar-refractivity contribution in [1.29, 1.82) is 0 Å². The summed E-state index contributed by atoms with van der Waals surface area (Å²) in [5.74, 6) is 1.39. The number of ether oxygens (including phenoxy) is 2. The number of nitrogens with zero attached hydrogens (tertiary/aromatic N) is 2. The lowest BCUT2D eigenvalue weighted by molar-refractivity contribution is 0.276. The van der Waals surface area contributed by atoms with Gasteiger partial charge in [-0.05, 0) is 52.7 Å². The zero-order valence-electron chi connectivity index (χ0n) is 13.1. The Hall–Kier alpha value is -2.05. The first-order valence-corrected chi connectivity index (χ1v) is 7.88. The molecule has 0 bridgehead atoms. The third kappa shape index (κ3) is 2.68. The summed E-state index contributed by atoms with van der Waals surface area (Å²) in [7, 11) is 3.23. The van der Waals surface area contributed by atoms with E-state index < -0.39 is 0 Å². The normalized spacial score (nSPS) is 11.0. The van der Waals surface area contributed by atoms with E-state index in [4.69, 9.17) is 14.5 Å². The predicted molar refractivity (Wildman–Crippen MR) is 92.1 cm³/mol. The van der Waals surface area contributed by atoms with Gasteiger partial charge in [0.15, 0.2) is 0 Å². The summed E-state index contributed by atoms with van der Waals surface area (Å²) in [5.41, 5.74) is 4.00. The summed E-state index contributed by atoms with van der Waals surface area (Å²) in [4.78, 5) is 4.72. The highest BCUT2D eigenvalue weighted by Crippen LogP contribution is 2.36. The van der Waals surface area contributed by atoms with Gasteiger partial charge in [0.2, 0.25) is 0 Å². The SMILES string of the molecule is COc1ccc(OC)c(-c2nc3c(C)cc(Br)cn3c2CO)c1. The fourth-order valence-corrected chi connectivity index (χ4v) is 3.23. The number of hydrogen-bond acceptors (Lipinski definition) is 4. The number of aryl methyl sites for hydroxylation is 1. The molecule has 0 fully saturated rings. The lowest BCUT2D eigenvalue weighted by Gasteiger charge is -2.10. The molecule has 2 heterocycles. The van der Waals surface area contributed by atoms with Gasteiger partial charge in [0.05, 0.1) is 32.2 Å². The Morgan fingerprint density at radius 1 is 1.22 bits per heavy atom. The van der Waals surface area contributed by atoms with Crippen LogP contribution in [0.3, 0.4) is 0 Å². The Labute approximate surface area is 142 Å². The molecule has 3 rings (SSSR count).